The molecule has 16 heavy (non-hydrogen) atoms. The summed E-state index contributed by atoms with van der Waals surface area (Å²) in [4.78, 5) is 4.25. The second-order valence-corrected chi connectivity index (χ2v) is 3.41. The molecule has 0 unspecified atom stereocenters. The smallest absolute Gasteiger partial charge is 0.168 e. The number of pyridine rings is 1. The molecular weight excluding hydrogens is 204 g/mol. The largest absolute Gasteiger partial charge is 0.490 e. The lowest BCUT2D eigenvalue weighted by atomic mass is 10.3. The third-order valence-corrected chi connectivity index (χ3v) is 2.14. The Bertz CT molecular complexity index is 292. The maximum atomic E-state index is 5.47. The van der Waals surface area contributed by atoms with E-state index in [0.717, 1.165) is 37.6 Å². The quantitative estimate of drug-likeness (QED) is 0.688. The standard InChI is InChI=1S/C12H20N2O2/c1-3-16-11-7-6-9-14-12(11)13-8-4-5-10-15-2/h6-7,9H,3-5,8,10H2,1-2H3,(H,13,14). The van der Waals surface area contributed by atoms with Crippen molar-refractivity contribution in [2.45, 2.75) is 19.8 Å². The van der Waals surface area contributed by atoms with Gasteiger partial charge in [0, 0.05) is 26.5 Å². The lowest BCUT2D eigenvalue weighted by Gasteiger charge is -2.10. The van der Waals surface area contributed by atoms with E-state index in [4.69, 9.17) is 9.47 Å². The van der Waals surface area contributed by atoms with Gasteiger partial charge in [0.15, 0.2) is 11.6 Å². The molecule has 1 aromatic rings. The van der Waals surface area contributed by atoms with Gasteiger partial charge in [0.25, 0.3) is 0 Å². The third kappa shape index (κ3) is 4.49. The molecule has 0 radical (unpaired) electrons. The van der Waals surface area contributed by atoms with Crippen molar-refractivity contribution >= 4 is 5.82 Å². The number of rotatable bonds is 8. The molecule has 0 fully saturated rings. The average Bonchev–Trinajstić information content (AvgIpc) is 2.31. The average molecular weight is 224 g/mol. The summed E-state index contributed by atoms with van der Waals surface area (Å²) in [5, 5.41) is 3.27. The van der Waals surface area contributed by atoms with E-state index in [0.29, 0.717) is 6.61 Å². The van der Waals surface area contributed by atoms with Crippen molar-refractivity contribution in [3.05, 3.63) is 18.3 Å². The van der Waals surface area contributed by atoms with E-state index in [1.807, 2.05) is 19.1 Å². The molecule has 0 saturated heterocycles. The van der Waals surface area contributed by atoms with Crippen LogP contribution in [-0.4, -0.2) is 31.9 Å². The number of unbranched alkanes of at least 4 members (excludes halogenated alkanes) is 1. The van der Waals surface area contributed by atoms with Crippen molar-refractivity contribution in [3.8, 4) is 5.75 Å². The van der Waals surface area contributed by atoms with Crippen molar-refractivity contribution in [1.29, 1.82) is 0 Å². The Kier molecular flexibility index (Phi) is 6.33. The summed E-state index contributed by atoms with van der Waals surface area (Å²) in [6.45, 7) is 4.32. The van der Waals surface area contributed by atoms with Crippen LogP contribution in [0, 0.1) is 0 Å². The molecule has 0 aliphatic rings. The Morgan fingerprint density at radius 2 is 2.25 bits per heavy atom. The zero-order valence-corrected chi connectivity index (χ0v) is 10.0. The lowest BCUT2D eigenvalue weighted by molar-refractivity contribution is 0.193. The van der Waals surface area contributed by atoms with Gasteiger partial charge in [0.05, 0.1) is 6.61 Å². The van der Waals surface area contributed by atoms with Crippen molar-refractivity contribution in [3.63, 3.8) is 0 Å². The predicted molar refractivity (Wildman–Crippen MR) is 65.0 cm³/mol. The number of aromatic nitrogens is 1. The van der Waals surface area contributed by atoms with Crippen LogP contribution in [0.15, 0.2) is 18.3 Å². The number of hydrogen-bond acceptors (Lipinski definition) is 4. The zero-order chi connectivity index (χ0) is 11.6. The second kappa shape index (κ2) is 7.93. The van der Waals surface area contributed by atoms with E-state index < -0.39 is 0 Å². The van der Waals surface area contributed by atoms with Crippen molar-refractivity contribution in [2.24, 2.45) is 0 Å². The molecule has 1 aromatic heterocycles. The van der Waals surface area contributed by atoms with E-state index in [2.05, 4.69) is 10.3 Å². The molecule has 0 saturated carbocycles. The Labute approximate surface area is 97.0 Å². The van der Waals surface area contributed by atoms with Crippen molar-refractivity contribution in [1.82, 2.24) is 4.98 Å². The Hall–Kier alpha value is -1.29. The maximum absolute atomic E-state index is 5.47. The minimum Gasteiger partial charge on any atom is -0.490 e. The van der Waals surface area contributed by atoms with E-state index in [1.54, 1.807) is 13.3 Å². The summed E-state index contributed by atoms with van der Waals surface area (Å²) < 4.78 is 10.5. The van der Waals surface area contributed by atoms with Crippen LogP contribution in [0.25, 0.3) is 0 Å². The van der Waals surface area contributed by atoms with Crippen LogP contribution < -0.4 is 10.1 Å². The van der Waals surface area contributed by atoms with Gasteiger partial charge in [0.2, 0.25) is 0 Å². The van der Waals surface area contributed by atoms with Gasteiger partial charge in [-0.2, -0.15) is 0 Å². The normalized spacial score (nSPS) is 10.1. The zero-order valence-electron chi connectivity index (χ0n) is 10.0. The van der Waals surface area contributed by atoms with E-state index in [-0.39, 0.29) is 0 Å². The van der Waals surface area contributed by atoms with Crippen molar-refractivity contribution < 1.29 is 9.47 Å². The van der Waals surface area contributed by atoms with Crippen LogP contribution in [0.3, 0.4) is 0 Å². The van der Waals surface area contributed by atoms with Gasteiger partial charge in [-0.15, -0.1) is 0 Å². The van der Waals surface area contributed by atoms with Crippen LogP contribution in [0.5, 0.6) is 5.75 Å². The maximum Gasteiger partial charge on any atom is 0.168 e. The number of ether oxygens (including phenoxy) is 2. The van der Waals surface area contributed by atoms with Gasteiger partial charge in [-0.05, 0) is 31.9 Å². The molecule has 0 atom stereocenters. The molecule has 1 heterocycles. The molecule has 0 bridgehead atoms. The Morgan fingerprint density at radius 3 is 3.00 bits per heavy atom. The molecule has 4 nitrogen and oxygen atoms in total. The van der Waals surface area contributed by atoms with Gasteiger partial charge >= 0.3 is 0 Å². The summed E-state index contributed by atoms with van der Waals surface area (Å²) in [7, 11) is 1.72. The summed E-state index contributed by atoms with van der Waals surface area (Å²) >= 11 is 0. The number of nitrogens with zero attached hydrogens (tertiary/aromatic N) is 1. The molecule has 4 heteroatoms. The Balaban J connectivity index is 2.34. The molecular formula is C12H20N2O2. The van der Waals surface area contributed by atoms with Crippen LogP contribution in [0.2, 0.25) is 0 Å². The Morgan fingerprint density at radius 1 is 1.38 bits per heavy atom. The van der Waals surface area contributed by atoms with Crippen LogP contribution in [0.4, 0.5) is 5.82 Å². The molecule has 90 valence electrons. The van der Waals surface area contributed by atoms with E-state index in [1.165, 1.54) is 0 Å². The highest BCUT2D eigenvalue weighted by atomic mass is 16.5. The van der Waals surface area contributed by atoms with Gasteiger partial charge in [-0.1, -0.05) is 0 Å². The van der Waals surface area contributed by atoms with Gasteiger partial charge in [-0.3, -0.25) is 0 Å². The first kappa shape index (κ1) is 12.8. The van der Waals surface area contributed by atoms with Gasteiger partial charge in [-0.25, -0.2) is 4.98 Å². The minimum absolute atomic E-state index is 0.657. The van der Waals surface area contributed by atoms with Crippen molar-refractivity contribution in [2.75, 3.05) is 32.2 Å². The number of nitrogens with one attached hydrogen (secondary N) is 1. The summed E-state index contributed by atoms with van der Waals surface area (Å²) in [5.41, 5.74) is 0. The fourth-order valence-electron chi connectivity index (χ4n) is 1.37. The second-order valence-electron chi connectivity index (χ2n) is 3.41. The van der Waals surface area contributed by atoms with Gasteiger partial charge < -0.3 is 14.8 Å². The molecule has 0 amide bonds. The molecule has 0 aliphatic heterocycles. The summed E-state index contributed by atoms with van der Waals surface area (Å²) in [6, 6.07) is 3.80. The predicted octanol–water partition coefficient (Wildman–Crippen LogP) is 2.32. The number of methoxy groups -OCH3 is 1. The summed E-state index contributed by atoms with van der Waals surface area (Å²) in [6.07, 6.45) is 3.89. The van der Waals surface area contributed by atoms with E-state index >= 15 is 0 Å². The molecule has 1 N–H and O–H groups in total. The fraction of sp³-hybridized carbons (Fsp3) is 0.583. The van der Waals surface area contributed by atoms with Gasteiger partial charge in [0.1, 0.15) is 0 Å². The SMILES string of the molecule is CCOc1cccnc1NCCCCOC. The first-order valence-corrected chi connectivity index (χ1v) is 5.69. The number of hydrogen-bond donors (Lipinski definition) is 1. The third-order valence-electron chi connectivity index (χ3n) is 2.14. The topological polar surface area (TPSA) is 43.4 Å². The monoisotopic (exact) mass is 224 g/mol. The van der Waals surface area contributed by atoms with Crippen LogP contribution in [0.1, 0.15) is 19.8 Å². The molecule has 1 rings (SSSR count). The summed E-state index contributed by atoms with van der Waals surface area (Å²) in [5.74, 6) is 1.64. The molecule has 0 spiro atoms. The highest BCUT2D eigenvalue weighted by Crippen LogP contribution is 2.20. The van der Waals surface area contributed by atoms with Crippen LogP contribution >= 0.6 is 0 Å². The first-order chi connectivity index (χ1) is 7.88. The highest BCUT2D eigenvalue weighted by molar-refractivity contribution is 5.49. The van der Waals surface area contributed by atoms with E-state index in [9.17, 15) is 0 Å². The first-order valence-electron chi connectivity index (χ1n) is 5.69. The lowest BCUT2D eigenvalue weighted by Crippen LogP contribution is -2.06. The minimum atomic E-state index is 0.657. The van der Waals surface area contributed by atoms with Crippen LogP contribution in [-0.2, 0) is 4.74 Å². The fourth-order valence-corrected chi connectivity index (χ4v) is 1.37. The molecule has 0 aromatic carbocycles. The number of anilines is 1. The highest BCUT2D eigenvalue weighted by Gasteiger charge is 2.02. The molecule has 0 aliphatic carbocycles.